The molecule has 2 aromatic rings. The van der Waals surface area contributed by atoms with Crippen LogP contribution in [0.4, 0.5) is 5.13 Å². The molecule has 0 radical (unpaired) electrons. The van der Waals surface area contributed by atoms with Gasteiger partial charge in [0.1, 0.15) is 5.82 Å². The number of unbranched alkanes of at least 4 members (excludes halogenated alkanes) is 2. The maximum atomic E-state index is 11.8. The zero-order chi connectivity index (χ0) is 20.5. The summed E-state index contributed by atoms with van der Waals surface area (Å²) in [7, 11) is 0. The Hall–Kier alpha value is -1.99. The van der Waals surface area contributed by atoms with Crippen molar-refractivity contribution in [3.8, 4) is 0 Å². The summed E-state index contributed by atoms with van der Waals surface area (Å²) >= 11 is 1.51. The molecule has 1 aliphatic heterocycles. The molecule has 7 heteroatoms. The third-order valence-electron chi connectivity index (χ3n) is 5.49. The van der Waals surface area contributed by atoms with Gasteiger partial charge in [0.15, 0.2) is 0 Å². The van der Waals surface area contributed by atoms with Crippen LogP contribution in [0.3, 0.4) is 0 Å². The van der Waals surface area contributed by atoms with E-state index in [2.05, 4.69) is 52.7 Å². The van der Waals surface area contributed by atoms with Crippen LogP contribution in [0, 0.1) is 6.92 Å². The molecule has 0 atom stereocenters. The molecule has 158 valence electrons. The fourth-order valence-electron chi connectivity index (χ4n) is 3.60. The molecule has 2 heterocycles. The highest BCUT2D eigenvalue weighted by Crippen LogP contribution is 2.19. The highest BCUT2D eigenvalue weighted by molar-refractivity contribution is 7.09. The number of hydrogen-bond donors (Lipinski definition) is 2. The van der Waals surface area contributed by atoms with Crippen LogP contribution in [0.2, 0.25) is 0 Å². The van der Waals surface area contributed by atoms with Gasteiger partial charge in [-0.1, -0.05) is 49.6 Å². The summed E-state index contributed by atoms with van der Waals surface area (Å²) in [6.45, 7) is 10.2. The first-order valence-electron chi connectivity index (χ1n) is 10.9. The topological polar surface area (TPSA) is 62.6 Å². The van der Waals surface area contributed by atoms with Crippen LogP contribution in [-0.4, -0.2) is 54.5 Å². The molecular weight excluding hydrogens is 382 g/mol. The maximum Gasteiger partial charge on any atom is 0.220 e. The Labute approximate surface area is 178 Å². The van der Waals surface area contributed by atoms with Crippen molar-refractivity contribution in [2.75, 3.05) is 44.2 Å². The number of aromatic nitrogens is 2. The lowest BCUT2D eigenvalue weighted by molar-refractivity contribution is -0.899. The summed E-state index contributed by atoms with van der Waals surface area (Å²) in [5.41, 5.74) is 2.53. The van der Waals surface area contributed by atoms with E-state index in [-0.39, 0.29) is 5.91 Å². The van der Waals surface area contributed by atoms with Crippen molar-refractivity contribution in [2.24, 2.45) is 0 Å². The number of aryl methyl sites for hydroxylation is 1. The lowest BCUT2D eigenvalue weighted by atomic mass is 10.1. The number of quaternary nitrogens is 1. The summed E-state index contributed by atoms with van der Waals surface area (Å²) in [5, 5.41) is 4.11. The number of carbonyl (C=O) groups is 1. The number of nitrogens with zero attached hydrogens (tertiary/aromatic N) is 3. The standard InChI is InChI=1S/C22H33N5OS/c1-3-4-5-6-21(28)23-11-12-26-13-15-27(16-14-26)22-24-20(25-29-22)17-19-9-7-18(2)8-10-19/h7-10H,3-6,11-17H2,1-2H3,(H,23,28)/p+1. The first-order valence-corrected chi connectivity index (χ1v) is 11.6. The number of anilines is 1. The van der Waals surface area contributed by atoms with Crippen molar-refractivity contribution in [3.05, 3.63) is 41.2 Å². The molecule has 0 saturated carbocycles. The van der Waals surface area contributed by atoms with E-state index < -0.39 is 0 Å². The van der Waals surface area contributed by atoms with Gasteiger partial charge in [-0.05, 0) is 18.9 Å². The lowest BCUT2D eigenvalue weighted by Crippen LogP contribution is -3.15. The number of benzene rings is 1. The van der Waals surface area contributed by atoms with E-state index in [1.165, 1.54) is 22.7 Å². The number of amides is 1. The SMILES string of the molecule is CCCCCC(=O)NCC[NH+]1CCN(c2nc(Cc3ccc(C)cc3)ns2)CC1. The van der Waals surface area contributed by atoms with Crippen LogP contribution in [0.25, 0.3) is 0 Å². The molecule has 29 heavy (non-hydrogen) atoms. The van der Waals surface area contributed by atoms with Crippen molar-refractivity contribution >= 4 is 22.6 Å². The average molecular weight is 417 g/mol. The van der Waals surface area contributed by atoms with Gasteiger partial charge in [0.2, 0.25) is 11.0 Å². The minimum absolute atomic E-state index is 0.200. The summed E-state index contributed by atoms with van der Waals surface area (Å²) < 4.78 is 4.56. The molecular formula is C22H34N5OS+. The van der Waals surface area contributed by atoms with Gasteiger partial charge in [-0.15, -0.1) is 0 Å². The molecule has 0 aliphatic carbocycles. The number of carbonyl (C=O) groups excluding carboxylic acids is 1. The van der Waals surface area contributed by atoms with E-state index in [0.29, 0.717) is 6.42 Å². The summed E-state index contributed by atoms with van der Waals surface area (Å²) in [6.07, 6.45) is 4.75. The third-order valence-corrected chi connectivity index (χ3v) is 6.30. The van der Waals surface area contributed by atoms with E-state index in [1.54, 1.807) is 4.90 Å². The third kappa shape index (κ3) is 7.08. The second-order valence-electron chi connectivity index (χ2n) is 7.95. The normalized spacial score (nSPS) is 14.9. The first kappa shape index (κ1) is 21.7. The van der Waals surface area contributed by atoms with Gasteiger partial charge < -0.3 is 15.1 Å². The van der Waals surface area contributed by atoms with Crippen LogP contribution in [0.5, 0.6) is 0 Å². The van der Waals surface area contributed by atoms with Crippen LogP contribution in [0.1, 0.15) is 49.6 Å². The summed E-state index contributed by atoms with van der Waals surface area (Å²) in [5.74, 6) is 1.11. The predicted octanol–water partition coefficient (Wildman–Crippen LogP) is 1.84. The molecule has 3 rings (SSSR count). The Kier molecular flexibility index (Phi) is 8.43. The van der Waals surface area contributed by atoms with Gasteiger partial charge in [0.25, 0.3) is 0 Å². The van der Waals surface area contributed by atoms with Crippen molar-refractivity contribution in [3.63, 3.8) is 0 Å². The smallest absolute Gasteiger partial charge is 0.220 e. The first-order chi connectivity index (χ1) is 14.1. The second-order valence-corrected chi connectivity index (χ2v) is 8.68. The molecule has 0 spiro atoms. The van der Waals surface area contributed by atoms with Gasteiger partial charge in [-0.3, -0.25) is 4.79 Å². The fourth-order valence-corrected chi connectivity index (χ4v) is 4.34. The maximum absolute atomic E-state index is 11.8. The number of nitrogens with one attached hydrogen (secondary N) is 2. The number of hydrogen-bond acceptors (Lipinski definition) is 5. The Bertz CT molecular complexity index is 753. The van der Waals surface area contributed by atoms with Crippen molar-refractivity contribution in [1.82, 2.24) is 14.7 Å². The van der Waals surface area contributed by atoms with Gasteiger partial charge >= 0.3 is 0 Å². The molecule has 1 aliphatic rings. The molecule has 1 amide bonds. The van der Waals surface area contributed by atoms with Crippen molar-refractivity contribution < 1.29 is 9.69 Å². The molecule has 1 aromatic heterocycles. The molecule has 1 fully saturated rings. The quantitative estimate of drug-likeness (QED) is 0.580. The molecule has 1 aromatic carbocycles. The predicted molar refractivity (Wildman–Crippen MR) is 119 cm³/mol. The van der Waals surface area contributed by atoms with Crippen LogP contribution >= 0.6 is 11.5 Å². The van der Waals surface area contributed by atoms with Crippen LogP contribution < -0.4 is 15.1 Å². The number of piperazine rings is 1. The van der Waals surface area contributed by atoms with E-state index in [0.717, 1.165) is 75.9 Å². The minimum Gasteiger partial charge on any atom is -0.350 e. The molecule has 2 N–H and O–H groups in total. The van der Waals surface area contributed by atoms with Gasteiger partial charge in [-0.25, -0.2) is 4.98 Å². The molecule has 0 bridgehead atoms. The Morgan fingerprint density at radius 2 is 1.97 bits per heavy atom. The van der Waals surface area contributed by atoms with Crippen LogP contribution in [-0.2, 0) is 11.2 Å². The second kappa shape index (κ2) is 11.3. The van der Waals surface area contributed by atoms with Crippen molar-refractivity contribution in [1.29, 1.82) is 0 Å². The Morgan fingerprint density at radius 1 is 1.21 bits per heavy atom. The summed E-state index contributed by atoms with van der Waals surface area (Å²) in [6, 6.07) is 8.58. The van der Waals surface area contributed by atoms with E-state index in [4.69, 9.17) is 4.98 Å². The van der Waals surface area contributed by atoms with Crippen molar-refractivity contribution in [2.45, 2.75) is 46.0 Å². The molecule has 6 nitrogen and oxygen atoms in total. The largest absolute Gasteiger partial charge is 0.350 e. The van der Waals surface area contributed by atoms with Crippen LogP contribution in [0.15, 0.2) is 24.3 Å². The average Bonchev–Trinajstić information content (AvgIpc) is 3.19. The van der Waals surface area contributed by atoms with Gasteiger partial charge in [-0.2, -0.15) is 4.37 Å². The van der Waals surface area contributed by atoms with Gasteiger partial charge in [0.05, 0.1) is 39.3 Å². The number of rotatable bonds is 10. The zero-order valence-electron chi connectivity index (χ0n) is 17.7. The molecule has 0 unspecified atom stereocenters. The minimum atomic E-state index is 0.200. The van der Waals surface area contributed by atoms with E-state index in [1.807, 2.05) is 0 Å². The Morgan fingerprint density at radius 3 is 2.69 bits per heavy atom. The molecule has 1 saturated heterocycles. The van der Waals surface area contributed by atoms with E-state index >= 15 is 0 Å². The van der Waals surface area contributed by atoms with E-state index in [9.17, 15) is 4.79 Å². The monoisotopic (exact) mass is 416 g/mol. The fraction of sp³-hybridized carbons (Fsp3) is 0.591. The van der Waals surface area contributed by atoms with Gasteiger partial charge in [0, 0.05) is 24.4 Å². The highest BCUT2D eigenvalue weighted by Gasteiger charge is 2.22. The zero-order valence-corrected chi connectivity index (χ0v) is 18.6. The lowest BCUT2D eigenvalue weighted by Gasteiger charge is -2.31. The summed E-state index contributed by atoms with van der Waals surface area (Å²) in [4.78, 5) is 20.5. The highest BCUT2D eigenvalue weighted by atomic mass is 32.1. The Balaban J connectivity index is 1.37.